The monoisotopic (exact) mass is 321 g/mol. The quantitative estimate of drug-likeness (QED) is 0.907. The van der Waals surface area contributed by atoms with E-state index in [-0.39, 0.29) is 18.0 Å². The van der Waals surface area contributed by atoms with E-state index in [0.29, 0.717) is 23.2 Å². The second-order valence-corrected chi connectivity index (χ2v) is 6.15. The molecule has 0 aromatic carbocycles. The zero-order valence-corrected chi connectivity index (χ0v) is 12.6. The van der Waals surface area contributed by atoms with Crippen molar-refractivity contribution >= 4 is 33.4 Å². The largest absolute Gasteiger partial charge is 0.480 e. The summed E-state index contributed by atoms with van der Waals surface area (Å²) in [7, 11) is 0. The predicted molar refractivity (Wildman–Crippen MR) is 80.9 cm³/mol. The summed E-state index contributed by atoms with van der Waals surface area (Å²) >= 11 is 1.36. The molecule has 3 heterocycles. The molecule has 1 aliphatic heterocycles. The summed E-state index contributed by atoms with van der Waals surface area (Å²) in [6, 6.07) is 0.881. The molecular formula is C14H15N3O4S. The van der Waals surface area contributed by atoms with Gasteiger partial charge in [-0.2, -0.15) is 0 Å². The summed E-state index contributed by atoms with van der Waals surface area (Å²) < 4.78 is 1.24. The maximum absolute atomic E-state index is 12.4. The zero-order valence-electron chi connectivity index (χ0n) is 11.8. The van der Waals surface area contributed by atoms with Crippen LogP contribution in [-0.4, -0.2) is 44.0 Å². The summed E-state index contributed by atoms with van der Waals surface area (Å²) in [5.74, 6) is -1.35. The number of fused-ring (bicyclic) bond motifs is 1. The highest BCUT2D eigenvalue weighted by atomic mass is 32.1. The molecule has 0 spiro atoms. The van der Waals surface area contributed by atoms with Crippen molar-refractivity contribution in [3.8, 4) is 0 Å². The molecule has 0 saturated carbocycles. The maximum atomic E-state index is 12.4. The normalized spacial score (nSPS) is 18.5. The number of nitrogens with zero attached hydrogens (tertiary/aromatic N) is 3. The first-order valence-corrected chi connectivity index (χ1v) is 7.91. The summed E-state index contributed by atoms with van der Waals surface area (Å²) in [5.41, 5.74) is -0.275. The van der Waals surface area contributed by atoms with Crippen molar-refractivity contribution < 1.29 is 14.7 Å². The van der Waals surface area contributed by atoms with Crippen molar-refractivity contribution in [2.45, 2.75) is 31.8 Å². The Balaban J connectivity index is 1.84. The van der Waals surface area contributed by atoms with Crippen LogP contribution in [-0.2, 0) is 16.1 Å². The van der Waals surface area contributed by atoms with E-state index >= 15 is 0 Å². The smallest absolute Gasteiger partial charge is 0.326 e. The van der Waals surface area contributed by atoms with Gasteiger partial charge in [-0.3, -0.25) is 14.2 Å². The minimum Gasteiger partial charge on any atom is -0.480 e. The second kappa shape index (κ2) is 5.88. The van der Waals surface area contributed by atoms with Crippen molar-refractivity contribution in [2.24, 2.45) is 0 Å². The third-order valence-corrected chi connectivity index (χ3v) is 4.68. The van der Waals surface area contributed by atoms with Crippen molar-refractivity contribution in [3.63, 3.8) is 0 Å². The van der Waals surface area contributed by atoms with Gasteiger partial charge in [-0.15, -0.1) is 11.3 Å². The van der Waals surface area contributed by atoms with Crippen molar-refractivity contribution in [1.82, 2.24) is 14.5 Å². The third kappa shape index (κ3) is 2.61. The minimum absolute atomic E-state index is 0.179. The van der Waals surface area contributed by atoms with Crippen molar-refractivity contribution in [3.05, 3.63) is 28.1 Å². The lowest BCUT2D eigenvalue weighted by Crippen LogP contribution is -2.49. The first kappa shape index (κ1) is 14.7. The molecule has 7 nitrogen and oxygen atoms in total. The molecule has 0 bridgehead atoms. The molecule has 0 aliphatic carbocycles. The summed E-state index contributed by atoms with van der Waals surface area (Å²) in [4.78, 5) is 42.0. The van der Waals surface area contributed by atoms with E-state index in [2.05, 4.69) is 4.98 Å². The van der Waals surface area contributed by atoms with Crippen LogP contribution in [0.25, 0.3) is 10.2 Å². The molecule has 116 valence electrons. The van der Waals surface area contributed by atoms with E-state index < -0.39 is 12.0 Å². The Kier molecular flexibility index (Phi) is 3.93. The molecule has 1 unspecified atom stereocenters. The number of carbonyl (C=O) groups is 2. The lowest BCUT2D eigenvalue weighted by atomic mass is 10.0. The number of hydrogen-bond acceptors (Lipinski definition) is 5. The van der Waals surface area contributed by atoms with Crippen LogP contribution in [0.3, 0.4) is 0 Å². The molecule has 1 saturated heterocycles. The van der Waals surface area contributed by atoms with Crippen molar-refractivity contribution in [2.75, 3.05) is 6.54 Å². The minimum atomic E-state index is -0.994. The SMILES string of the molecule is O=C(O)C1CCCCN1C(=O)Cn1cnc2sccc2c1=O. The number of rotatable bonds is 3. The van der Waals surface area contributed by atoms with Gasteiger partial charge in [0, 0.05) is 6.54 Å². The first-order valence-electron chi connectivity index (χ1n) is 7.03. The Bertz CT molecular complexity index is 782. The summed E-state index contributed by atoms with van der Waals surface area (Å²) in [6.07, 6.45) is 3.38. The Hall–Kier alpha value is -2.22. The van der Waals surface area contributed by atoms with Gasteiger partial charge in [-0.05, 0) is 30.7 Å². The van der Waals surface area contributed by atoms with E-state index in [0.717, 1.165) is 12.8 Å². The van der Waals surface area contributed by atoms with Gasteiger partial charge in [0.15, 0.2) is 0 Å². The fourth-order valence-electron chi connectivity index (χ4n) is 2.73. The Morgan fingerprint density at radius 1 is 1.41 bits per heavy atom. The van der Waals surface area contributed by atoms with Gasteiger partial charge < -0.3 is 10.0 Å². The molecule has 1 aliphatic rings. The number of amides is 1. The molecule has 1 fully saturated rings. The number of thiophene rings is 1. The number of carbonyl (C=O) groups excluding carboxylic acids is 1. The van der Waals surface area contributed by atoms with E-state index in [1.54, 1.807) is 11.4 Å². The predicted octanol–water partition coefficient (Wildman–Crippen LogP) is 0.924. The van der Waals surface area contributed by atoms with Gasteiger partial charge in [0.25, 0.3) is 5.56 Å². The highest BCUT2D eigenvalue weighted by Gasteiger charge is 2.31. The molecule has 2 aromatic rings. The van der Waals surface area contributed by atoms with Gasteiger partial charge in [-0.25, -0.2) is 9.78 Å². The average molecular weight is 321 g/mol. The van der Waals surface area contributed by atoms with Gasteiger partial charge in [0.2, 0.25) is 5.91 Å². The van der Waals surface area contributed by atoms with Crippen LogP contribution in [0.15, 0.2) is 22.6 Å². The molecule has 1 atom stereocenters. The summed E-state index contributed by atoms with van der Waals surface area (Å²) in [6.45, 7) is 0.236. The Morgan fingerprint density at radius 3 is 3.00 bits per heavy atom. The fourth-order valence-corrected chi connectivity index (χ4v) is 3.45. The number of aromatic nitrogens is 2. The fraction of sp³-hybridized carbons (Fsp3) is 0.429. The van der Waals surface area contributed by atoms with Crippen LogP contribution in [0.1, 0.15) is 19.3 Å². The molecule has 3 rings (SSSR count). The molecule has 2 aromatic heterocycles. The van der Waals surface area contributed by atoms with Gasteiger partial charge in [0.05, 0.1) is 11.7 Å². The second-order valence-electron chi connectivity index (χ2n) is 5.25. The molecule has 1 amide bonds. The van der Waals surface area contributed by atoms with Crippen LogP contribution in [0.5, 0.6) is 0 Å². The lowest BCUT2D eigenvalue weighted by Gasteiger charge is -2.33. The molecule has 22 heavy (non-hydrogen) atoms. The van der Waals surface area contributed by atoms with E-state index in [9.17, 15) is 19.5 Å². The highest BCUT2D eigenvalue weighted by Crippen LogP contribution is 2.18. The molecule has 0 radical (unpaired) electrons. The first-order chi connectivity index (χ1) is 10.6. The van der Waals surface area contributed by atoms with Gasteiger partial charge >= 0.3 is 5.97 Å². The highest BCUT2D eigenvalue weighted by molar-refractivity contribution is 7.16. The van der Waals surface area contributed by atoms with E-state index in [4.69, 9.17) is 0 Å². The van der Waals surface area contributed by atoms with Crippen LogP contribution in [0, 0.1) is 0 Å². The standard InChI is InChI=1S/C14H15N3O4S/c18-11(17-5-2-1-3-10(17)14(20)21)7-16-8-15-12-9(13(16)19)4-6-22-12/h4,6,8,10H,1-3,5,7H2,(H,20,21). The number of hydrogen-bond donors (Lipinski definition) is 1. The Morgan fingerprint density at radius 2 is 2.23 bits per heavy atom. The third-order valence-electron chi connectivity index (χ3n) is 3.86. The van der Waals surface area contributed by atoms with E-state index in [1.165, 1.54) is 27.1 Å². The van der Waals surface area contributed by atoms with Crippen LogP contribution >= 0.6 is 11.3 Å². The average Bonchev–Trinajstić information content (AvgIpc) is 2.99. The molecule has 1 N–H and O–H groups in total. The number of carboxylic acid groups (broad SMARTS) is 1. The number of likely N-dealkylation sites (tertiary alicyclic amines) is 1. The van der Waals surface area contributed by atoms with Crippen LogP contribution < -0.4 is 5.56 Å². The van der Waals surface area contributed by atoms with Gasteiger partial charge in [-0.1, -0.05) is 0 Å². The zero-order chi connectivity index (χ0) is 15.7. The number of carboxylic acids is 1. The topological polar surface area (TPSA) is 92.5 Å². The molecule has 8 heteroatoms. The van der Waals surface area contributed by atoms with Crippen LogP contribution in [0.2, 0.25) is 0 Å². The maximum Gasteiger partial charge on any atom is 0.326 e. The van der Waals surface area contributed by atoms with Crippen molar-refractivity contribution in [1.29, 1.82) is 0 Å². The van der Waals surface area contributed by atoms with Gasteiger partial charge in [0.1, 0.15) is 17.4 Å². The van der Waals surface area contributed by atoms with Crippen LogP contribution in [0.4, 0.5) is 0 Å². The molecular weight excluding hydrogens is 306 g/mol. The van der Waals surface area contributed by atoms with E-state index in [1.807, 2.05) is 0 Å². The number of piperidine rings is 1. The lowest BCUT2D eigenvalue weighted by molar-refractivity contribution is -0.152. The number of aliphatic carboxylic acids is 1. The summed E-state index contributed by atoms with van der Waals surface area (Å²) in [5, 5.41) is 11.5. The Labute approximate surface area is 129 Å².